The van der Waals surface area contributed by atoms with E-state index in [1.165, 1.54) is 11.6 Å². The molecule has 0 radical (unpaired) electrons. The number of nitrogens with zero attached hydrogens (tertiary/aromatic N) is 1. The highest BCUT2D eigenvalue weighted by Crippen LogP contribution is 2.26. The molecule has 112 valence electrons. The summed E-state index contributed by atoms with van der Waals surface area (Å²) in [4.78, 5) is 4.24. The molecule has 1 aromatic carbocycles. The minimum Gasteiger partial charge on any atom is -0.310 e. The number of hydrogen-bond acceptors (Lipinski definition) is 2. The molecule has 0 saturated heterocycles. The average Bonchev–Trinajstić information content (AvgIpc) is 2.47. The van der Waals surface area contributed by atoms with E-state index in [0.29, 0.717) is 4.47 Å². The van der Waals surface area contributed by atoms with Crippen LogP contribution < -0.4 is 5.32 Å². The van der Waals surface area contributed by atoms with Crippen LogP contribution in [-0.4, -0.2) is 11.5 Å². The van der Waals surface area contributed by atoms with Crippen molar-refractivity contribution in [2.24, 2.45) is 0 Å². The third-order valence-electron chi connectivity index (χ3n) is 3.42. The molecular formula is C17H20BrFN2. The van der Waals surface area contributed by atoms with Crippen LogP contribution in [0.5, 0.6) is 0 Å². The largest absolute Gasteiger partial charge is 0.310 e. The summed E-state index contributed by atoms with van der Waals surface area (Å²) < 4.78 is 14.2. The molecule has 1 aromatic heterocycles. The molecule has 2 nitrogen and oxygen atoms in total. The zero-order valence-electron chi connectivity index (χ0n) is 12.4. The average molecular weight is 351 g/mol. The maximum Gasteiger partial charge on any atom is 0.137 e. The van der Waals surface area contributed by atoms with Gasteiger partial charge in [0.05, 0.1) is 4.47 Å². The zero-order chi connectivity index (χ0) is 15.2. The number of aryl methyl sites for hydroxylation is 1. The summed E-state index contributed by atoms with van der Waals surface area (Å²) >= 11 is 3.35. The fourth-order valence-electron chi connectivity index (χ4n) is 2.34. The first-order chi connectivity index (χ1) is 10.1. The Balaban J connectivity index is 2.26. The Kier molecular flexibility index (Phi) is 5.88. The molecule has 0 aliphatic rings. The van der Waals surface area contributed by atoms with Crippen molar-refractivity contribution in [3.8, 4) is 0 Å². The molecule has 0 aliphatic heterocycles. The first-order valence-electron chi connectivity index (χ1n) is 7.20. The normalized spacial score (nSPS) is 12.4. The van der Waals surface area contributed by atoms with Crippen molar-refractivity contribution in [1.82, 2.24) is 10.3 Å². The van der Waals surface area contributed by atoms with Crippen LogP contribution in [0.25, 0.3) is 0 Å². The third-order valence-corrected chi connectivity index (χ3v) is 4.31. The highest BCUT2D eigenvalue weighted by atomic mass is 79.9. The van der Waals surface area contributed by atoms with Crippen LogP contribution in [-0.2, 0) is 6.42 Å². The summed E-state index contributed by atoms with van der Waals surface area (Å²) in [5.41, 5.74) is 3.15. The van der Waals surface area contributed by atoms with Gasteiger partial charge in [0.2, 0.25) is 0 Å². The van der Waals surface area contributed by atoms with E-state index < -0.39 is 0 Å². The van der Waals surface area contributed by atoms with Gasteiger partial charge in [-0.25, -0.2) is 4.39 Å². The van der Waals surface area contributed by atoms with E-state index in [9.17, 15) is 4.39 Å². The second-order valence-corrected chi connectivity index (χ2v) is 5.95. The van der Waals surface area contributed by atoms with Crippen molar-refractivity contribution in [1.29, 1.82) is 0 Å². The van der Waals surface area contributed by atoms with Gasteiger partial charge in [0, 0.05) is 17.9 Å². The molecule has 0 amide bonds. The predicted octanol–water partition coefficient (Wildman–Crippen LogP) is 4.58. The van der Waals surface area contributed by atoms with Gasteiger partial charge in [-0.05, 0) is 71.6 Å². The molecule has 0 saturated carbocycles. The van der Waals surface area contributed by atoms with Gasteiger partial charge in [-0.2, -0.15) is 0 Å². The maximum absolute atomic E-state index is 13.7. The fourth-order valence-corrected chi connectivity index (χ4v) is 2.76. The summed E-state index contributed by atoms with van der Waals surface area (Å²) in [6.45, 7) is 5.05. The van der Waals surface area contributed by atoms with Crippen LogP contribution in [0.4, 0.5) is 4.39 Å². The van der Waals surface area contributed by atoms with Crippen molar-refractivity contribution < 1.29 is 4.39 Å². The van der Waals surface area contributed by atoms with Crippen molar-refractivity contribution in [2.45, 2.75) is 32.7 Å². The van der Waals surface area contributed by atoms with Gasteiger partial charge >= 0.3 is 0 Å². The van der Waals surface area contributed by atoms with Crippen molar-refractivity contribution >= 4 is 15.9 Å². The van der Waals surface area contributed by atoms with Crippen LogP contribution in [0.2, 0.25) is 0 Å². The number of halogens is 2. The Morgan fingerprint density at radius 1 is 1.33 bits per heavy atom. The van der Waals surface area contributed by atoms with Crippen molar-refractivity contribution in [3.63, 3.8) is 0 Å². The first kappa shape index (κ1) is 16.1. The van der Waals surface area contributed by atoms with E-state index in [-0.39, 0.29) is 11.9 Å². The predicted molar refractivity (Wildman–Crippen MR) is 87.8 cm³/mol. The number of benzene rings is 1. The van der Waals surface area contributed by atoms with Crippen LogP contribution in [0, 0.1) is 12.7 Å². The summed E-state index contributed by atoms with van der Waals surface area (Å²) in [5, 5.41) is 3.54. The SMILES string of the molecule is CCCNC(Cc1cccc(F)c1Br)c1ccnc(C)c1. The van der Waals surface area contributed by atoms with Gasteiger partial charge in [0.1, 0.15) is 5.82 Å². The Morgan fingerprint density at radius 2 is 2.14 bits per heavy atom. The lowest BCUT2D eigenvalue weighted by atomic mass is 9.99. The minimum atomic E-state index is -0.215. The molecule has 1 N–H and O–H groups in total. The molecule has 0 fully saturated rings. The lowest BCUT2D eigenvalue weighted by Gasteiger charge is -2.20. The highest BCUT2D eigenvalue weighted by molar-refractivity contribution is 9.10. The van der Waals surface area contributed by atoms with Gasteiger partial charge in [-0.1, -0.05) is 19.1 Å². The zero-order valence-corrected chi connectivity index (χ0v) is 14.0. The van der Waals surface area contributed by atoms with E-state index in [1.807, 2.05) is 25.3 Å². The third kappa shape index (κ3) is 4.35. The molecule has 1 unspecified atom stereocenters. The lowest BCUT2D eigenvalue weighted by Crippen LogP contribution is -2.24. The van der Waals surface area contributed by atoms with Crippen LogP contribution >= 0.6 is 15.9 Å². The number of aromatic nitrogens is 1. The van der Waals surface area contributed by atoms with E-state index in [1.54, 1.807) is 6.07 Å². The summed E-state index contributed by atoms with van der Waals surface area (Å²) in [5.74, 6) is -0.215. The molecule has 0 aliphatic carbocycles. The second kappa shape index (κ2) is 7.66. The fraction of sp³-hybridized carbons (Fsp3) is 0.353. The Labute approximate surface area is 133 Å². The highest BCUT2D eigenvalue weighted by Gasteiger charge is 2.15. The molecule has 21 heavy (non-hydrogen) atoms. The number of rotatable bonds is 6. The van der Waals surface area contributed by atoms with E-state index in [2.05, 4.69) is 39.2 Å². The number of hydrogen-bond donors (Lipinski definition) is 1. The van der Waals surface area contributed by atoms with Crippen LogP contribution in [0.15, 0.2) is 41.0 Å². The Morgan fingerprint density at radius 3 is 2.86 bits per heavy atom. The topological polar surface area (TPSA) is 24.9 Å². The van der Waals surface area contributed by atoms with E-state index in [4.69, 9.17) is 0 Å². The molecule has 2 aromatic rings. The quantitative estimate of drug-likeness (QED) is 0.824. The Hall–Kier alpha value is -1.26. The molecule has 1 atom stereocenters. The van der Waals surface area contributed by atoms with Gasteiger partial charge in [-0.3, -0.25) is 4.98 Å². The van der Waals surface area contributed by atoms with Crippen molar-refractivity contribution in [3.05, 3.63) is 63.6 Å². The molecule has 4 heteroatoms. The van der Waals surface area contributed by atoms with Crippen LogP contribution in [0.1, 0.15) is 36.2 Å². The standard InChI is InChI=1S/C17H20BrFN2/c1-3-8-21-16(13-7-9-20-12(2)10-13)11-14-5-4-6-15(19)17(14)18/h4-7,9-10,16,21H,3,8,11H2,1-2H3. The first-order valence-corrected chi connectivity index (χ1v) is 8.00. The second-order valence-electron chi connectivity index (χ2n) is 5.15. The Bertz CT molecular complexity index is 601. The van der Waals surface area contributed by atoms with E-state index in [0.717, 1.165) is 30.6 Å². The van der Waals surface area contributed by atoms with E-state index >= 15 is 0 Å². The lowest BCUT2D eigenvalue weighted by molar-refractivity contribution is 0.525. The molecule has 1 heterocycles. The van der Waals surface area contributed by atoms with Gasteiger partial charge in [0.25, 0.3) is 0 Å². The molecule has 0 spiro atoms. The molecule has 0 bridgehead atoms. The molecule has 2 rings (SSSR count). The minimum absolute atomic E-state index is 0.157. The summed E-state index contributed by atoms with van der Waals surface area (Å²) in [6.07, 6.45) is 3.62. The van der Waals surface area contributed by atoms with Gasteiger partial charge in [0.15, 0.2) is 0 Å². The summed E-state index contributed by atoms with van der Waals surface area (Å²) in [7, 11) is 0. The monoisotopic (exact) mass is 350 g/mol. The smallest absolute Gasteiger partial charge is 0.137 e. The van der Waals surface area contributed by atoms with Gasteiger partial charge in [-0.15, -0.1) is 0 Å². The van der Waals surface area contributed by atoms with Crippen LogP contribution in [0.3, 0.4) is 0 Å². The molecular weight excluding hydrogens is 331 g/mol. The summed E-state index contributed by atoms with van der Waals surface area (Å²) in [6, 6.07) is 9.45. The van der Waals surface area contributed by atoms with Crippen molar-refractivity contribution in [2.75, 3.05) is 6.54 Å². The van der Waals surface area contributed by atoms with Gasteiger partial charge < -0.3 is 5.32 Å². The maximum atomic E-state index is 13.7. The number of pyridine rings is 1. The number of nitrogens with one attached hydrogen (secondary N) is 1.